The van der Waals surface area contributed by atoms with Crippen LogP contribution in [-0.4, -0.2) is 18.1 Å². The normalized spacial score (nSPS) is 18.4. The first-order valence-corrected chi connectivity index (χ1v) is 3.41. The van der Waals surface area contributed by atoms with E-state index in [-0.39, 0.29) is 30.2 Å². The molecule has 1 aliphatic rings. The van der Waals surface area contributed by atoms with Gasteiger partial charge < -0.3 is 9.73 Å². The van der Waals surface area contributed by atoms with Gasteiger partial charge in [-0.1, -0.05) is 0 Å². The molecule has 3 nitrogen and oxygen atoms in total. The van der Waals surface area contributed by atoms with E-state index >= 15 is 0 Å². The van der Waals surface area contributed by atoms with Crippen LogP contribution in [0.1, 0.15) is 12.7 Å². The van der Waals surface area contributed by atoms with E-state index in [0.29, 0.717) is 0 Å². The van der Waals surface area contributed by atoms with Gasteiger partial charge in [0.15, 0.2) is 6.39 Å². The highest BCUT2D eigenvalue weighted by atomic mass is 35.5. The largest absolute Gasteiger partial charge is 0.448 e. The quantitative estimate of drug-likeness (QED) is 0.762. The van der Waals surface area contributed by atoms with Crippen molar-refractivity contribution in [2.75, 3.05) is 13.1 Å². The highest BCUT2D eigenvalue weighted by Gasteiger charge is 2.36. The first-order valence-electron chi connectivity index (χ1n) is 3.41. The fraction of sp³-hybridized carbons (Fsp3) is 0.571. The van der Waals surface area contributed by atoms with Crippen LogP contribution in [0.15, 0.2) is 17.0 Å². The SMILES string of the molecule is CC1(c2cnco2)CNC1.Cl.Cl. The second kappa shape index (κ2) is 4.12. The lowest BCUT2D eigenvalue weighted by molar-refractivity contribution is 0.252. The molecule has 0 saturated carbocycles. The first kappa shape index (κ1) is 11.8. The van der Waals surface area contributed by atoms with Crippen molar-refractivity contribution in [1.82, 2.24) is 10.3 Å². The fourth-order valence-corrected chi connectivity index (χ4v) is 1.19. The van der Waals surface area contributed by atoms with Gasteiger partial charge in [-0.3, -0.25) is 0 Å². The third-order valence-corrected chi connectivity index (χ3v) is 2.06. The Morgan fingerprint density at radius 1 is 1.50 bits per heavy atom. The van der Waals surface area contributed by atoms with Gasteiger partial charge in [0, 0.05) is 13.1 Å². The lowest BCUT2D eigenvalue weighted by Crippen LogP contribution is -2.54. The number of hydrogen-bond donors (Lipinski definition) is 1. The summed E-state index contributed by atoms with van der Waals surface area (Å²) >= 11 is 0. The van der Waals surface area contributed by atoms with E-state index in [2.05, 4.69) is 17.2 Å². The molecular weight excluding hydrogens is 199 g/mol. The van der Waals surface area contributed by atoms with E-state index in [1.807, 2.05) is 0 Å². The molecular formula is C7H12Cl2N2O. The second-order valence-corrected chi connectivity index (χ2v) is 3.03. The average molecular weight is 211 g/mol. The van der Waals surface area contributed by atoms with E-state index in [1.54, 1.807) is 6.20 Å². The van der Waals surface area contributed by atoms with Crippen molar-refractivity contribution in [3.8, 4) is 0 Å². The maximum Gasteiger partial charge on any atom is 0.180 e. The number of nitrogens with zero attached hydrogens (tertiary/aromatic N) is 1. The van der Waals surface area contributed by atoms with Crippen LogP contribution in [0.25, 0.3) is 0 Å². The Balaban J connectivity index is 0.000000605. The van der Waals surface area contributed by atoms with Gasteiger partial charge >= 0.3 is 0 Å². The van der Waals surface area contributed by atoms with Crippen molar-refractivity contribution in [2.24, 2.45) is 0 Å². The van der Waals surface area contributed by atoms with Gasteiger partial charge in [-0.05, 0) is 6.92 Å². The summed E-state index contributed by atoms with van der Waals surface area (Å²) in [5.74, 6) is 0.992. The Morgan fingerprint density at radius 3 is 2.50 bits per heavy atom. The zero-order chi connectivity index (χ0) is 7.03. The van der Waals surface area contributed by atoms with Gasteiger partial charge in [-0.25, -0.2) is 4.98 Å². The maximum absolute atomic E-state index is 5.19. The van der Waals surface area contributed by atoms with Gasteiger partial charge in [0.05, 0.1) is 11.6 Å². The fourth-order valence-electron chi connectivity index (χ4n) is 1.19. The highest BCUT2D eigenvalue weighted by Crippen LogP contribution is 2.26. The minimum absolute atomic E-state index is 0. The summed E-state index contributed by atoms with van der Waals surface area (Å²) in [6.07, 6.45) is 3.28. The van der Waals surface area contributed by atoms with E-state index in [9.17, 15) is 0 Å². The molecule has 0 amide bonds. The third-order valence-electron chi connectivity index (χ3n) is 2.06. The summed E-state index contributed by atoms with van der Waals surface area (Å²) in [6.45, 7) is 4.18. The molecule has 2 rings (SSSR count). The molecule has 1 aromatic heterocycles. The average Bonchev–Trinajstić information content (AvgIpc) is 2.33. The minimum atomic E-state index is 0. The van der Waals surface area contributed by atoms with Crippen molar-refractivity contribution in [1.29, 1.82) is 0 Å². The van der Waals surface area contributed by atoms with Crippen molar-refractivity contribution >= 4 is 24.8 Å². The molecule has 1 N–H and O–H groups in total. The molecule has 2 heterocycles. The monoisotopic (exact) mass is 210 g/mol. The minimum Gasteiger partial charge on any atom is -0.448 e. The second-order valence-electron chi connectivity index (χ2n) is 3.03. The van der Waals surface area contributed by atoms with Crippen LogP contribution in [0.2, 0.25) is 0 Å². The lowest BCUT2D eigenvalue weighted by Gasteiger charge is -2.36. The maximum atomic E-state index is 5.19. The predicted molar refractivity (Wildman–Crippen MR) is 51.2 cm³/mol. The Kier molecular flexibility index (Phi) is 4.03. The molecule has 0 atom stereocenters. The molecule has 1 aliphatic heterocycles. The number of halogens is 2. The van der Waals surface area contributed by atoms with Crippen molar-refractivity contribution in [2.45, 2.75) is 12.3 Å². The lowest BCUT2D eigenvalue weighted by atomic mass is 9.82. The van der Waals surface area contributed by atoms with Crippen LogP contribution in [0.4, 0.5) is 0 Å². The van der Waals surface area contributed by atoms with Crippen LogP contribution in [0.3, 0.4) is 0 Å². The summed E-state index contributed by atoms with van der Waals surface area (Å²) in [5.41, 5.74) is 0.205. The van der Waals surface area contributed by atoms with E-state index in [4.69, 9.17) is 4.42 Å². The molecule has 0 aliphatic carbocycles. The third kappa shape index (κ3) is 1.73. The zero-order valence-corrected chi connectivity index (χ0v) is 8.37. The smallest absolute Gasteiger partial charge is 0.180 e. The Labute approximate surface area is 83.8 Å². The van der Waals surface area contributed by atoms with Gasteiger partial charge in [0.2, 0.25) is 0 Å². The van der Waals surface area contributed by atoms with Crippen molar-refractivity contribution < 1.29 is 4.42 Å². The highest BCUT2D eigenvalue weighted by molar-refractivity contribution is 5.85. The van der Waals surface area contributed by atoms with Gasteiger partial charge in [0.1, 0.15) is 5.76 Å². The number of nitrogens with one attached hydrogen (secondary N) is 1. The van der Waals surface area contributed by atoms with Crippen molar-refractivity contribution in [3.63, 3.8) is 0 Å². The zero-order valence-electron chi connectivity index (χ0n) is 6.74. The number of hydrogen-bond acceptors (Lipinski definition) is 3. The molecule has 1 fully saturated rings. The topological polar surface area (TPSA) is 38.1 Å². The van der Waals surface area contributed by atoms with Gasteiger partial charge in [-0.2, -0.15) is 0 Å². The van der Waals surface area contributed by atoms with Gasteiger partial charge in [-0.15, -0.1) is 24.8 Å². The molecule has 1 aromatic rings. The molecule has 5 heteroatoms. The van der Waals surface area contributed by atoms with E-state index < -0.39 is 0 Å². The number of oxazole rings is 1. The number of rotatable bonds is 1. The summed E-state index contributed by atoms with van der Waals surface area (Å²) in [5, 5.41) is 3.20. The van der Waals surface area contributed by atoms with Crippen LogP contribution >= 0.6 is 24.8 Å². The van der Waals surface area contributed by atoms with E-state index in [0.717, 1.165) is 18.8 Å². The molecule has 0 spiro atoms. The first-order chi connectivity index (χ1) is 4.81. The van der Waals surface area contributed by atoms with Crippen LogP contribution in [0, 0.1) is 0 Å². The summed E-state index contributed by atoms with van der Waals surface area (Å²) in [7, 11) is 0. The Hall–Kier alpha value is -0.250. The summed E-state index contributed by atoms with van der Waals surface area (Å²) < 4.78 is 5.19. The van der Waals surface area contributed by atoms with Crippen LogP contribution < -0.4 is 5.32 Å². The predicted octanol–water partition coefficient (Wildman–Crippen LogP) is 1.38. The molecule has 12 heavy (non-hydrogen) atoms. The van der Waals surface area contributed by atoms with Crippen LogP contribution in [0.5, 0.6) is 0 Å². The molecule has 0 unspecified atom stereocenters. The Bertz CT molecular complexity index is 221. The van der Waals surface area contributed by atoms with Crippen LogP contribution in [-0.2, 0) is 5.41 Å². The molecule has 0 radical (unpaired) electrons. The van der Waals surface area contributed by atoms with E-state index in [1.165, 1.54) is 6.39 Å². The molecule has 70 valence electrons. The molecule has 1 saturated heterocycles. The molecule has 0 aromatic carbocycles. The Morgan fingerprint density at radius 2 is 2.17 bits per heavy atom. The summed E-state index contributed by atoms with van der Waals surface area (Å²) in [6, 6.07) is 0. The van der Waals surface area contributed by atoms with Gasteiger partial charge in [0.25, 0.3) is 0 Å². The summed E-state index contributed by atoms with van der Waals surface area (Å²) in [4.78, 5) is 3.88. The molecule has 0 bridgehead atoms. The standard InChI is InChI=1S/C7H10N2O.2ClH/c1-7(3-9-4-7)6-2-8-5-10-6;;/h2,5,9H,3-4H2,1H3;2*1H. The van der Waals surface area contributed by atoms with Crippen molar-refractivity contribution in [3.05, 3.63) is 18.4 Å². The number of aromatic nitrogens is 1.